The van der Waals surface area contributed by atoms with Gasteiger partial charge < -0.3 is 9.64 Å². The first-order chi connectivity index (χ1) is 13.5. The topological polar surface area (TPSA) is 63.5 Å². The third-order valence-electron chi connectivity index (χ3n) is 4.86. The average molecular weight is 438 g/mol. The lowest BCUT2D eigenvalue weighted by Crippen LogP contribution is -2.39. The van der Waals surface area contributed by atoms with E-state index in [1.165, 1.54) is 11.3 Å². The van der Waals surface area contributed by atoms with Gasteiger partial charge in [0.2, 0.25) is 0 Å². The lowest BCUT2D eigenvalue weighted by atomic mass is 10.2. The Kier molecular flexibility index (Phi) is 8.01. The molecule has 1 aromatic carbocycles. The Bertz CT molecular complexity index is 967. The number of hydrogen-bond donors (Lipinski definition) is 0. The molecular weight excluding hydrogens is 410 g/mol. The number of hydrogen-bond acceptors (Lipinski definition) is 6. The maximum Gasteiger partial charge on any atom is 0.280 e. The lowest BCUT2D eigenvalue weighted by Gasteiger charge is -2.24. The number of aromatic nitrogens is 3. The van der Waals surface area contributed by atoms with Crippen molar-refractivity contribution >= 4 is 45.0 Å². The second kappa shape index (κ2) is 10.0. The summed E-state index contributed by atoms with van der Waals surface area (Å²) in [5.74, 6) is 0.584. The quantitative estimate of drug-likeness (QED) is 0.537. The molecule has 0 radical (unpaired) electrons. The Balaban J connectivity index is 0.00000300. The van der Waals surface area contributed by atoms with Crippen molar-refractivity contribution in [2.45, 2.75) is 20.8 Å². The fraction of sp³-hybridized carbons (Fsp3) is 0.450. The van der Waals surface area contributed by atoms with Crippen LogP contribution in [0.4, 0.5) is 5.13 Å². The third kappa shape index (κ3) is 4.88. The van der Waals surface area contributed by atoms with Crippen LogP contribution in [0.15, 0.2) is 24.4 Å². The van der Waals surface area contributed by atoms with Crippen molar-refractivity contribution in [3.63, 3.8) is 0 Å². The second-order valence-corrected chi connectivity index (χ2v) is 7.59. The van der Waals surface area contributed by atoms with Gasteiger partial charge in [0.25, 0.3) is 5.91 Å². The highest BCUT2D eigenvalue weighted by atomic mass is 35.5. The summed E-state index contributed by atoms with van der Waals surface area (Å²) in [6, 6.07) is 5.68. The van der Waals surface area contributed by atoms with Crippen LogP contribution in [0.25, 0.3) is 10.2 Å². The van der Waals surface area contributed by atoms with Gasteiger partial charge in [-0.2, -0.15) is 5.10 Å². The van der Waals surface area contributed by atoms with Gasteiger partial charge in [-0.3, -0.25) is 14.4 Å². The summed E-state index contributed by atoms with van der Waals surface area (Å²) in [7, 11) is 3.45. The summed E-state index contributed by atoms with van der Waals surface area (Å²) in [4.78, 5) is 22.0. The number of likely N-dealkylation sites (N-methyl/N-ethyl adjacent to an activating group) is 1. The molecule has 0 fully saturated rings. The summed E-state index contributed by atoms with van der Waals surface area (Å²) < 4.78 is 8.15. The standard InChI is InChI=1S/C20H27N5O2S.ClH/c1-6-24(7-2)12-13-25(19(26)15-10-11-23(4)22-15)20-21-17-16(27-5)9-8-14(3)18(17)28-20;/h8-11H,6-7,12-13H2,1-5H3;1H. The highest BCUT2D eigenvalue weighted by Gasteiger charge is 2.24. The zero-order valence-corrected chi connectivity index (χ0v) is 19.1. The summed E-state index contributed by atoms with van der Waals surface area (Å²) in [5, 5.41) is 4.97. The molecule has 0 N–H and O–H groups in total. The van der Waals surface area contributed by atoms with Gasteiger partial charge in [0.15, 0.2) is 10.8 Å². The largest absolute Gasteiger partial charge is 0.494 e. The molecule has 0 saturated carbocycles. The zero-order valence-electron chi connectivity index (χ0n) is 17.5. The van der Waals surface area contributed by atoms with E-state index in [-0.39, 0.29) is 18.3 Å². The smallest absolute Gasteiger partial charge is 0.280 e. The molecule has 3 rings (SSSR count). The average Bonchev–Trinajstić information content (AvgIpc) is 3.32. The van der Waals surface area contributed by atoms with Crippen molar-refractivity contribution < 1.29 is 9.53 Å². The maximum absolute atomic E-state index is 13.2. The first-order valence-corrected chi connectivity index (χ1v) is 10.3. The molecular formula is C20H28ClN5O2S. The minimum absolute atomic E-state index is 0. The van der Waals surface area contributed by atoms with Gasteiger partial charge in [0.05, 0.1) is 11.8 Å². The van der Waals surface area contributed by atoms with Gasteiger partial charge in [-0.25, -0.2) is 4.98 Å². The molecule has 1 amide bonds. The Labute approximate surface area is 181 Å². The van der Waals surface area contributed by atoms with Crippen molar-refractivity contribution in [3.8, 4) is 5.75 Å². The molecule has 0 atom stereocenters. The van der Waals surface area contributed by atoms with Gasteiger partial charge in [0, 0.05) is 26.3 Å². The fourth-order valence-electron chi connectivity index (χ4n) is 3.11. The van der Waals surface area contributed by atoms with E-state index >= 15 is 0 Å². The number of benzene rings is 1. The van der Waals surface area contributed by atoms with E-state index in [9.17, 15) is 4.79 Å². The van der Waals surface area contributed by atoms with Crippen LogP contribution in [0, 0.1) is 6.92 Å². The molecule has 9 heteroatoms. The number of nitrogens with zero attached hydrogens (tertiary/aromatic N) is 5. The third-order valence-corrected chi connectivity index (χ3v) is 6.07. The zero-order chi connectivity index (χ0) is 20.3. The molecule has 0 spiro atoms. The Morgan fingerprint density at radius 3 is 2.52 bits per heavy atom. The number of amides is 1. The van der Waals surface area contributed by atoms with Crippen LogP contribution in [-0.4, -0.2) is 58.9 Å². The van der Waals surface area contributed by atoms with Crippen LogP contribution in [0.5, 0.6) is 5.75 Å². The molecule has 0 aliphatic carbocycles. The summed E-state index contributed by atoms with van der Waals surface area (Å²) in [6.07, 6.45) is 1.78. The van der Waals surface area contributed by atoms with Gasteiger partial charge in [-0.1, -0.05) is 31.3 Å². The van der Waals surface area contributed by atoms with E-state index in [4.69, 9.17) is 9.72 Å². The monoisotopic (exact) mass is 437 g/mol. The second-order valence-electron chi connectivity index (χ2n) is 6.62. The lowest BCUT2D eigenvalue weighted by molar-refractivity contribution is 0.0978. The van der Waals surface area contributed by atoms with Crippen LogP contribution in [-0.2, 0) is 7.05 Å². The predicted molar refractivity (Wildman–Crippen MR) is 121 cm³/mol. The van der Waals surface area contributed by atoms with Gasteiger partial charge in [-0.05, 0) is 37.7 Å². The van der Waals surface area contributed by atoms with Crippen LogP contribution in [0.3, 0.4) is 0 Å². The molecule has 0 aliphatic rings. The molecule has 2 heterocycles. The number of methoxy groups -OCH3 is 1. The minimum Gasteiger partial charge on any atom is -0.494 e. The Morgan fingerprint density at radius 1 is 1.21 bits per heavy atom. The van der Waals surface area contributed by atoms with Gasteiger partial charge in [-0.15, -0.1) is 12.4 Å². The number of fused-ring (bicyclic) bond motifs is 1. The van der Waals surface area contributed by atoms with E-state index in [1.54, 1.807) is 29.0 Å². The predicted octanol–water partition coefficient (Wildman–Crippen LogP) is 3.76. The van der Waals surface area contributed by atoms with Gasteiger partial charge in [0.1, 0.15) is 11.3 Å². The molecule has 3 aromatic rings. The van der Waals surface area contributed by atoms with E-state index < -0.39 is 0 Å². The number of halogens is 1. The molecule has 7 nitrogen and oxygen atoms in total. The SMILES string of the molecule is CCN(CC)CCN(C(=O)c1ccn(C)n1)c1nc2c(OC)ccc(C)c2s1.Cl. The van der Waals surface area contributed by atoms with E-state index in [2.05, 4.69) is 23.8 Å². The Morgan fingerprint density at radius 2 is 1.93 bits per heavy atom. The van der Waals surface area contributed by atoms with Crippen LogP contribution in [0.2, 0.25) is 0 Å². The molecule has 0 aliphatic heterocycles. The van der Waals surface area contributed by atoms with Crippen LogP contribution in [0.1, 0.15) is 29.9 Å². The van der Waals surface area contributed by atoms with Crippen LogP contribution >= 0.6 is 23.7 Å². The fourth-order valence-corrected chi connectivity index (χ4v) is 4.19. The normalized spacial score (nSPS) is 11.0. The van der Waals surface area contributed by atoms with Crippen LogP contribution < -0.4 is 9.64 Å². The van der Waals surface area contributed by atoms with Crippen molar-refractivity contribution in [1.29, 1.82) is 0 Å². The van der Waals surface area contributed by atoms with Gasteiger partial charge >= 0.3 is 0 Å². The summed E-state index contributed by atoms with van der Waals surface area (Å²) in [5.41, 5.74) is 2.34. The summed E-state index contributed by atoms with van der Waals surface area (Å²) >= 11 is 1.52. The molecule has 158 valence electrons. The van der Waals surface area contributed by atoms with Crippen molar-refractivity contribution in [2.75, 3.05) is 38.2 Å². The van der Waals surface area contributed by atoms with Crippen molar-refractivity contribution in [3.05, 3.63) is 35.7 Å². The number of thiazole rings is 1. The first kappa shape index (κ1) is 23.1. The number of rotatable bonds is 8. The molecule has 0 saturated heterocycles. The molecule has 0 bridgehead atoms. The number of anilines is 1. The van der Waals surface area contributed by atoms with E-state index in [1.807, 2.05) is 26.1 Å². The number of aryl methyl sites for hydroxylation is 2. The first-order valence-electron chi connectivity index (χ1n) is 9.46. The van der Waals surface area contributed by atoms with Crippen molar-refractivity contribution in [2.24, 2.45) is 7.05 Å². The van der Waals surface area contributed by atoms with E-state index in [0.29, 0.717) is 17.4 Å². The number of carbonyl (C=O) groups is 1. The summed E-state index contributed by atoms with van der Waals surface area (Å²) in [6.45, 7) is 9.50. The van der Waals surface area contributed by atoms with Crippen molar-refractivity contribution in [1.82, 2.24) is 19.7 Å². The number of ether oxygens (including phenoxy) is 1. The minimum atomic E-state index is -0.136. The molecule has 29 heavy (non-hydrogen) atoms. The van der Waals surface area contributed by atoms with E-state index in [0.717, 1.165) is 41.2 Å². The number of carbonyl (C=O) groups excluding carboxylic acids is 1. The maximum atomic E-state index is 13.2. The highest BCUT2D eigenvalue weighted by molar-refractivity contribution is 7.22. The highest BCUT2D eigenvalue weighted by Crippen LogP contribution is 2.36. The molecule has 2 aromatic heterocycles. The molecule has 0 unspecified atom stereocenters. The Hall–Kier alpha value is -2.16.